The largest absolute Gasteiger partial charge is 0.0707 e. The predicted molar refractivity (Wildman–Crippen MR) is 92.4 cm³/mol. The fourth-order valence-electron chi connectivity index (χ4n) is 5.42. The van der Waals surface area contributed by atoms with Gasteiger partial charge in [-0.2, -0.15) is 0 Å². The molecule has 4 aliphatic rings. The van der Waals surface area contributed by atoms with Gasteiger partial charge in [-0.3, -0.25) is 0 Å². The van der Waals surface area contributed by atoms with Crippen LogP contribution in [0.2, 0.25) is 0 Å². The van der Waals surface area contributed by atoms with Gasteiger partial charge in [-0.1, -0.05) is 63.0 Å². The quantitative estimate of drug-likeness (QED) is 0.478. The molecule has 120 valence electrons. The zero-order valence-corrected chi connectivity index (χ0v) is 14.3. The van der Waals surface area contributed by atoms with E-state index in [-0.39, 0.29) is 0 Å². The molecule has 4 aliphatic carbocycles. The van der Waals surface area contributed by atoms with Crippen LogP contribution in [0.5, 0.6) is 0 Å². The van der Waals surface area contributed by atoms with Crippen molar-refractivity contribution in [1.29, 1.82) is 0 Å². The summed E-state index contributed by atoms with van der Waals surface area (Å²) >= 11 is 0. The Labute approximate surface area is 132 Å². The Morgan fingerprint density at radius 1 is 0.762 bits per heavy atom. The first kappa shape index (κ1) is 15.6. The average Bonchev–Trinajstić information content (AvgIpc) is 2.45. The van der Waals surface area contributed by atoms with Crippen LogP contribution in [0.3, 0.4) is 0 Å². The van der Waals surface area contributed by atoms with Crippen LogP contribution < -0.4 is 0 Å². The molecule has 2 saturated carbocycles. The van der Waals surface area contributed by atoms with E-state index >= 15 is 0 Å². The summed E-state index contributed by atoms with van der Waals surface area (Å²) in [7, 11) is 0. The highest BCUT2D eigenvalue weighted by atomic mass is 14.3. The molecule has 0 aliphatic heterocycles. The van der Waals surface area contributed by atoms with Crippen LogP contribution in [0.1, 0.15) is 103 Å². The molecular weight excluding hydrogens is 252 g/mol. The van der Waals surface area contributed by atoms with Crippen molar-refractivity contribution < 1.29 is 0 Å². The molecule has 0 aromatic carbocycles. The van der Waals surface area contributed by atoms with Crippen molar-refractivity contribution in [3.8, 4) is 0 Å². The highest BCUT2D eigenvalue weighted by molar-refractivity contribution is 5.18. The molecule has 3 atom stereocenters. The summed E-state index contributed by atoms with van der Waals surface area (Å²) in [4.78, 5) is 0. The first-order chi connectivity index (χ1) is 10.3. The summed E-state index contributed by atoms with van der Waals surface area (Å²) in [6.07, 6.45) is 22.5. The van der Waals surface area contributed by atoms with E-state index in [1.165, 1.54) is 77.0 Å². The van der Waals surface area contributed by atoms with E-state index in [4.69, 9.17) is 0 Å². The van der Waals surface area contributed by atoms with Crippen LogP contribution >= 0.6 is 0 Å². The molecule has 0 heteroatoms. The van der Waals surface area contributed by atoms with Crippen LogP contribution in [0.25, 0.3) is 0 Å². The summed E-state index contributed by atoms with van der Waals surface area (Å²) in [6, 6.07) is 0. The Kier molecular flexibility index (Phi) is 5.83. The third kappa shape index (κ3) is 4.36. The van der Waals surface area contributed by atoms with Crippen LogP contribution in [-0.4, -0.2) is 0 Å². The highest BCUT2D eigenvalue weighted by Gasteiger charge is 2.27. The minimum Gasteiger partial charge on any atom is -0.0707 e. The Balaban J connectivity index is 1.85. The summed E-state index contributed by atoms with van der Waals surface area (Å²) < 4.78 is 0. The second-order valence-corrected chi connectivity index (χ2v) is 8.31. The van der Waals surface area contributed by atoms with Gasteiger partial charge in [0.05, 0.1) is 0 Å². The lowest BCUT2D eigenvalue weighted by Gasteiger charge is -2.35. The van der Waals surface area contributed by atoms with E-state index in [1.54, 1.807) is 19.3 Å². The van der Waals surface area contributed by atoms with Gasteiger partial charge in [0, 0.05) is 0 Å². The maximum atomic E-state index is 2.38. The van der Waals surface area contributed by atoms with E-state index in [2.05, 4.69) is 6.92 Å². The monoisotopic (exact) mass is 288 g/mol. The van der Waals surface area contributed by atoms with Crippen LogP contribution in [-0.2, 0) is 0 Å². The molecule has 2 fully saturated rings. The standard InChI is InChI=1S/C21H36/c1-2-7-20-16-19-11-10-18-9-6-4-3-5-8-17(14-19)12-13-21(20)15-18/h17-19H,2-16H2,1H3/b21-20-/t17-,18-,19-/m0/s1. The molecule has 0 N–H and O–H groups in total. The molecular formula is C21H36. The first-order valence-electron chi connectivity index (χ1n) is 10.0. The van der Waals surface area contributed by atoms with Crippen LogP contribution in [0, 0.1) is 17.8 Å². The van der Waals surface area contributed by atoms with E-state index in [1.807, 2.05) is 11.1 Å². The normalized spacial score (nSPS) is 38.4. The minimum absolute atomic E-state index is 1.03. The maximum absolute atomic E-state index is 2.38. The van der Waals surface area contributed by atoms with Crippen molar-refractivity contribution >= 4 is 0 Å². The van der Waals surface area contributed by atoms with Crippen LogP contribution in [0.4, 0.5) is 0 Å². The summed E-state index contributed by atoms with van der Waals surface area (Å²) in [5.74, 6) is 3.13. The van der Waals surface area contributed by atoms with Crippen molar-refractivity contribution in [2.75, 3.05) is 0 Å². The topological polar surface area (TPSA) is 0 Å². The average molecular weight is 289 g/mol. The van der Waals surface area contributed by atoms with E-state index in [0.29, 0.717) is 0 Å². The fourth-order valence-corrected chi connectivity index (χ4v) is 5.42. The molecule has 0 spiro atoms. The third-order valence-electron chi connectivity index (χ3n) is 6.60. The van der Waals surface area contributed by atoms with Gasteiger partial charge in [0.15, 0.2) is 0 Å². The van der Waals surface area contributed by atoms with Gasteiger partial charge in [-0.25, -0.2) is 0 Å². The summed E-state index contributed by atoms with van der Waals surface area (Å²) in [5.41, 5.74) is 3.86. The lowest BCUT2D eigenvalue weighted by atomic mass is 9.71. The molecule has 0 heterocycles. The second kappa shape index (κ2) is 7.84. The second-order valence-electron chi connectivity index (χ2n) is 8.31. The molecule has 0 aromatic rings. The predicted octanol–water partition coefficient (Wildman–Crippen LogP) is 7.04. The van der Waals surface area contributed by atoms with Gasteiger partial charge >= 0.3 is 0 Å². The Bertz CT molecular complexity index is 351. The van der Waals surface area contributed by atoms with E-state index < -0.39 is 0 Å². The zero-order chi connectivity index (χ0) is 14.5. The number of rotatable bonds is 2. The summed E-state index contributed by atoms with van der Waals surface area (Å²) in [5, 5.41) is 0. The molecule has 0 saturated heterocycles. The Hall–Kier alpha value is -0.260. The molecule has 0 radical (unpaired) electrons. The third-order valence-corrected chi connectivity index (χ3v) is 6.60. The fraction of sp³-hybridized carbons (Fsp3) is 0.905. The minimum atomic E-state index is 1.03. The van der Waals surface area contributed by atoms with Crippen molar-refractivity contribution in [3.05, 3.63) is 11.1 Å². The van der Waals surface area contributed by atoms with Crippen molar-refractivity contribution in [1.82, 2.24) is 0 Å². The van der Waals surface area contributed by atoms with Gasteiger partial charge in [0.25, 0.3) is 0 Å². The molecule has 0 unspecified atom stereocenters. The van der Waals surface area contributed by atoms with Crippen LogP contribution in [0.15, 0.2) is 11.1 Å². The smallest absolute Gasteiger partial charge is 0.0289 e. The Morgan fingerprint density at radius 2 is 1.52 bits per heavy atom. The number of allylic oxidation sites excluding steroid dienone is 2. The SMILES string of the molecule is CCC/C1=C2\CC[C@@H]3CCCCCC[C@@H](CC[C@H](C1)C3)C2. The van der Waals surface area contributed by atoms with Crippen molar-refractivity contribution in [3.63, 3.8) is 0 Å². The lowest BCUT2D eigenvalue weighted by molar-refractivity contribution is 0.252. The molecule has 0 amide bonds. The highest BCUT2D eigenvalue weighted by Crippen LogP contribution is 2.43. The van der Waals surface area contributed by atoms with Crippen molar-refractivity contribution in [2.45, 2.75) is 103 Å². The lowest BCUT2D eigenvalue weighted by Crippen LogP contribution is -2.20. The zero-order valence-electron chi connectivity index (χ0n) is 14.3. The Morgan fingerprint density at radius 3 is 2.33 bits per heavy atom. The van der Waals surface area contributed by atoms with Gasteiger partial charge < -0.3 is 0 Å². The van der Waals surface area contributed by atoms with E-state index in [0.717, 1.165) is 17.8 Å². The number of fused-ring (bicyclic) bond motifs is 8. The molecule has 0 nitrogen and oxygen atoms in total. The van der Waals surface area contributed by atoms with E-state index in [9.17, 15) is 0 Å². The molecule has 21 heavy (non-hydrogen) atoms. The maximum Gasteiger partial charge on any atom is -0.0289 e. The molecule has 0 aromatic heterocycles. The van der Waals surface area contributed by atoms with Crippen molar-refractivity contribution in [2.24, 2.45) is 17.8 Å². The first-order valence-corrected chi connectivity index (χ1v) is 10.0. The van der Waals surface area contributed by atoms with Gasteiger partial charge in [0.2, 0.25) is 0 Å². The number of hydrogen-bond donors (Lipinski definition) is 0. The molecule has 4 bridgehead atoms. The number of hydrogen-bond acceptors (Lipinski definition) is 0. The summed E-state index contributed by atoms with van der Waals surface area (Å²) in [6.45, 7) is 2.38. The molecule has 4 rings (SSSR count). The van der Waals surface area contributed by atoms with Gasteiger partial charge in [-0.15, -0.1) is 0 Å². The van der Waals surface area contributed by atoms with Gasteiger partial charge in [-0.05, 0) is 69.1 Å². The van der Waals surface area contributed by atoms with Gasteiger partial charge in [0.1, 0.15) is 0 Å².